The molecule has 1 aliphatic carbocycles. The second-order valence-corrected chi connectivity index (χ2v) is 9.83. The van der Waals surface area contributed by atoms with Gasteiger partial charge in [-0.3, -0.25) is 9.79 Å². The first-order chi connectivity index (χ1) is 16.5. The summed E-state index contributed by atoms with van der Waals surface area (Å²) < 4.78 is 6.29. The van der Waals surface area contributed by atoms with Gasteiger partial charge in [0.05, 0.1) is 11.3 Å². The molecule has 35 heavy (non-hydrogen) atoms. The minimum absolute atomic E-state index is 0.0343. The Morgan fingerprint density at radius 1 is 0.971 bits per heavy atom. The maximum atomic E-state index is 12.9. The van der Waals surface area contributed by atoms with Crippen molar-refractivity contribution in [2.45, 2.75) is 27.7 Å². The van der Waals surface area contributed by atoms with Gasteiger partial charge in [-0.1, -0.05) is 32.9 Å². The van der Waals surface area contributed by atoms with E-state index in [2.05, 4.69) is 4.99 Å². The lowest BCUT2D eigenvalue weighted by atomic mass is 9.84. The van der Waals surface area contributed by atoms with Gasteiger partial charge in [-0.2, -0.15) is 0 Å². The van der Waals surface area contributed by atoms with E-state index in [9.17, 15) is 14.7 Å². The van der Waals surface area contributed by atoms with Crippen LogP contribution in [0.4, 0.5) is 5.69 Å². The van der Waals surface area contributed by atoms with Crippen molar-refractivity contribution in [2.75, 3.05) is 25.5 Å². The molecule has 2 aromatic rings. The predicted molar refractivity (Wildman–Crippen MR) is 137 cm³/mol. The Hall–Kier alpha value is -3.93. The molecule has 0 saturated carbocycles. The third-order valence-corrected chi connectivity index (χ3v) is 6.00. The molecule has 2 aliphatic rings. The number of carboxylic acids is 1. The molecule has 0 amide bonds. The molecule has 1 heterocycles. The average molecular weight is 470 g/mol. The Balaban J connectivity index is 2.09. The van der Waals surface area contributed by atoms with Crippen LogP contribution in [0.5, 0.6) is 0 Å². The molecule has 180 valence electrons. The van der Waals surface area contributed by atoms with E-state index < -0.39 is 11.4 Å². The maximum absolute atomic E-state index is 12.9. The summed E-state index contributed by atoms with van der Waals surface area (Å²) in [5.74, 6) is -0.879. The molecule has 6 heteroatoms. The summed E-state index contributed by atoms with van der Waals surface area (Å²) in [5, 5.41) is 13.9. The van der Waals surface area contributed by atoms with Gasteiger partial charge in [0.25, 0.3) is 0 Å². The van der Waals surface area contributed by atoms with Gasteiger partial charge in [-0.05, 0) is 42.8 Å². The molecular formula is C29H29N2O4-. The van der Waals surface area contributed by atoms with E-state index in [1.807, 2.05) is 83.1 Å². The number of nitrogens with zero attached hydrogens (tertiary/aromatic N) is 2. The van der Waals surface area contributed by atoms with Gasteiger partial charge in [-0.15, -0.1) is 0 Å². The number of benzene rings is 3. The number of hydrogen-bond acceptors (Lipinski definition) is 6. The highest BCUT2D eigenvalue weighted by Gasteiger charge is 2.25. The monoisotopic (exact) mass is 469 g/mol. The Morgan fingerprint density at radius 3 is 2.31 bits per heavy atom. The highest BCUT2D eigenvalue weighted by atomic mass is 16.4. The predicted octanol–water partition coefficient (Wildman–Crippen LogP) is 4.78. The molecule has 0 radical (unpaired) electrons. The van der Waals surface area contributed by atoms with Crippen molar-refractivity contribution in [2.24, 2.45) is 10.4 Å². The van der Waals surface area contributed by atoms with Gasteiger partial charge in [-0.25, -0.2) is 0 Å². The number of aromatic carboxylic acids is 1. The number of rotatable bonds is 5. The van der Waals surface area contributed by atoms with Crippen molar-refractivity contribution < 1.29 is 19.1 Å². The van der Waals surface area contributed by atoms with Crippen LogP contribution in [0.1, 0.15) is 48.4 Å². The molecule has 2 aromatic carbocycles. The molecule has 0 fully saturated rings. The number of fused-ring (bicyclic) bond motifs is 2. The average Bonchev–Trinajstić information content (AvgIpc) is 2.80. The van der Waals surface area contributed by atoms with Crippen LogP contribution in [-0.2, 0) is 0 Å². The van der Waals surface area contributed by atoms with Crippen molar-refractivity contribution in [3.63, 3.8) is 0 Å². The van der Waals surface area contributed by atoms with E-state index in [-0.39, 0.29) is 11.3 Å². The van der Waals surface area contributed by atoms with E-state index in [4.69, 9.17) is 4.42 Å². The molecule has 0 spiro atoms. The van der Waals surface area contributed by atoms with E-state index in [1.165, 1.54) is 6.07 Å². The lowest BCUT2D eigenvalue weighted by molar-refractivity contribution is -0.254. The highest BCUT2D eigenvalue weighted by Crippen LogP contribution is 2.42. The molecule has 6 nitrogen and oxygen atoms in total. The summed E-state index contributed by atoms with van der Waals surface area (Å²) in [6, 6.07) is 16.3. The van der Waals surface area contributed by atoms with Crippen molar-refractivity contribution in [3.8, 4) is 22.5 Å². The molecule has 0 atom stereocenters. The Bertz CT molecular complexity index is 1490. The molecular weight excluding hydrogens is 440 g/mol. The number of carbonyl (C=O) groups excluding carboxylic acids is 2. The first-order valence-corrected chi connectivity index (χ1v) is 11.6. The molecule has 0 N–H and O–H groups in total. The smallest absolute Gasteiger partial charge is 0.168 e. The summed E-state index contributed by atoms with van der Waals surface area (Å²) in [6.07, 6.45) is 0. The number of ketones is 1. The SMILES string of the molecule is CCN=c1ccc2c(-c3ccc(C(=O)C(C)(C)C)cc3C(=O)[O-])c3ccc(N(C)C)cc3oc-2c1. The normalized spacial score (nSPS) is 12.3. The largest absolute Gasteiger partial charge is 0.545 e. The fourth-order valence-corrected chi connectivity index (χ4v) is 4.22. The van der Waals surface area contributed by atoms with Gasteiger partial charge in [0.15, 0.2) is 5.78 Å². The van der Waals surface area contributed by atoms with Gasteiger partial charge in [0.1, 0.15) is 11.3 Å². The summed E-state index contributed by atoms with van der Waals surface area (Å²) in [6.45, 7) is 8.02. The van der Waals surface area contributed by atoms with Crippen LogP contribution < -0.4 is 15.4 Å². The first kappa shape index (κ1) is 24.2. The minimum Gasteiger partial charge on any atom is -0.545 e. The number of hydrogen-bond donors (Lipinski definition) is 0. The Kier molecular flexibility index (Phi) is 6.24. The zero-order valence-electron chi connectivity index (χ0n) is 20.9. The third-order valence-electron chi connectivity index (χ3n) is 6.00. The van der Waals surface area contributed by atoms with Crippen molar-refractivity contribution in [1.82, 2.24) is 0 Å². The van der Waals surface area contributed by atoms with E-state index >= 15 is 0 Å². The number of carbonyl (C=O) groups is 2. The van der Waals surface area contributed by atoms with Crippen LogP contribution in [0.2, 0.25) is 0 Å². The molecule has 4 rings (SSSR count). The van der Waals surface area contributed by atoms with Crippen molar-refractivity contribution >= 4 is 28.4 Å². The van der Waals surface area contributed by atoms with Crippen molar-refractivity contribution in [1.29, 1.82) is 0 Å². The third kappa shape index (κ3) is 4.56. The molecule has 0 unspecified atom stereocenters. The zero-order chi connectivity index (χ0) is 25.5. The van der Waals surface area contributed by atoms with Crippen LogP contribution in [-0.4, -0.2) is 32.4 Å². The molecule has 0 bridgehead atoms. The summed E-state index contributed by atoms with van der Waals surface area (Å²) in [7, 11) is 3.89. The lowest BCUT2D eigenvalue weighted by Crippen LogP contribution is -2.25. The minimum atomic E-state index is -1.34. The van der Waals surface area contributed by atoms with Crippen LogP contribution in [0.15, 0.2) is 64.0 Å². The van der Waals surface area contributed by atoms with Crippen LogP contribution in [0, 0.1) is 5.41 Å². The molecule has 1 aliphatic heterocycles. The molecule has 0 aromatic heterocycles. The van der Waals surface area contributed by atoms with E-state index in [1.54, 1.807) is 12.1 Å². The van der Waals surface area contributed by atoms with Crippen molar-refractivity contribution in [3.05, 3.63) is 71.1 Å². The second kappa shape index (κ2) is 9.02. The fourth-order valence-electron chi connectivity index (χ4n) is 4.22. The summed E-state index contributed by atoms with van der Waals surface area (Å²) in [4.78, 5) is 31.6. The standard InChI is InChI=1S/C29H30N2O4/c1-7-30-18-9-12-21-24(15-18)35-25-16-19(31(5)6)10-13-22(25)26(21)20-11-8-17(14-23(20)28(33)34)27(32)29(2,3)4/h8-16H,7H2,1-6H3,(H,33,34)/p-1. The van der Waals surface area contributed by atoms with E-state index in [0.717, 1.165) is 22.0 Å². The lowest BCUT2D eigenvalue weighted by Gasteiger charge is -2.22. The van der Waals surface area contributed by atoms with Gasteiger partial charge >= 0.3 is 0 Å². The van der Waals surface area contributed by atoms with Gasteiger partial charge in [0, 0.05) is 71.5 Å². The Labute approximate surface area is 204 Å². The van der Waals surface area contributed by atoms with E-state index in [0.29, 0.717) is 34.6 Å². The Morgan fingerprint density at radius 2 is 1.69 bits per heavy atom. The van der Waals surface area contributed by atoms with Crippen LogP contribution in [0.25, 0.3) is 33.4 Å². The summed E-state index contributed by atoms with van der Waals surface area (Å²) >= 11 is 0. The van der Waals surface area contributed by atoms with Gasteiger partial charge < -0.3 is 19.2 Å². The van der Waals surface area contributed by atoms with Crippen LogP contribution >= 0.6 is 0 Å². The second-order valence-electron chi connectivity index (χ2n) is 9.83. The zero-order valence-corrected chi connectivity index (χ0v) is 20.9. The van der Waals surface area contributed by atoms with Gasteiger partial charge in [0.2, 0.25) is 0 Å². The fraction of sp³-hybridized carbons (Fsp3) is 0.276. The number of anilines is 1. The van der Waals surface area contributed by atoms with Crippen LogP contribution in [0.3, 0.4) is 0 Å². The maximum Gasteiger partial charge on any atom is 0.168 e. The highest BCUT2D eigenvalue weighted by molar-refractivity contribution is 6.09. The quantitative estimate of drug-likeness (QED) is 0.310. The first-order valence-electron chi connectivity index (χ1n) is 11.6. The molecule has 0 saturated heterocycles. The number of Topliss-reactive ketones (excluding diaryl/α,β-unsaturated/α-hetero) is 1. The number of carboxylic acid groups (broad SMARTS) is 1. The summed E-state index contributed by atoms with van der Waals surface area (Å²) in [5.41, 5.74) is 3.17. The topological polar surface area (TPSA) is 85.9 Å².